The lowest BCUT2D eigenvalue weighted by molar-refractivity contribution is -0.124. The van der Waals surface area contributed by atoms with Crippen LogP contribution in [0.25, 0.3) is 0 Å². The van der Waals surface area contributed by atoms with Crippen LogP contribution in [-0.2, 0) is 11.3 Å². The first-order chi connectivity index (χ1) is 7.97. The Morgan fingerprint density at radius 1 is 1.59 bits per heavy atom. The molecule has 1 N–H and O–H groups in total. The monoisotopic (exact) mass is 319 g/mol. The van der Waals surface area contributed by atoms with Gasteiger partial charge < -0.3 is 5.32 Å². The van der Waals surface area contributed by atoms with Gasteiger partial charge in [-0.15, -0.1) is 0 Å². The zero-order valence-electron chi connectivity index (χ0n) is 10.3. The summed E-state index contributed by atoms with van der Waals surface area (Å²) in [6.07, 6.45) is 0. The first-order valence-corrected chi connectivity index (χ1v) is 6.98. The van der Waals surface area contributed by atoms with Crippen molar-refractivity contribution < 1.29 is 4.79 Å². The number of aromatic nitrogens is 2. The third-order valence-corrected chi connectivity index (χ3v) is 3.97. The van der Waals surface area contributed by atoms with Crippen molar-refractivity contribution in [1.29, 1.82) is 0 Å². The molecule has 0 saturated carbocycles. The molecule has 1 rings (SSSR count). The van der Waals surface area contributed by atoms with Crippen molar-refractivity contribution in [2.45, 2.75) is 27.3 Å². The van der Waals surface area contributed by atoms with E-state index in [9.17, 15) is 4.79 Å². The quantitative estimate of drug-likeness (QED) is 0.815. The topological polar surface area (TPSA) is 46.9 Å². The van der Waals surface area contributed by atoms with Crippen LogP contribution in [0.3, 0.4) is 0 Å². The average Bonchev–Trinajstić information content (AvgIpc) is 2.54. The van der Waals surface area contributed by atoms with Crippen molar-refractivity contribution in [2.75, 3.05) is 12.3 Å². The van der Waals surface area contributed by atoms with E-state index in [2.05, 4.69) is 39.0 Å². The number of hydrogen-bond acceptors (Lipinski definition) is 3. The standard InChI is InChI=1S/C11H18BrN3OS/c1-7(11(16)13-4-5-17)6-15-9(3)10(12)8(2)14-15/h7,17H,4-6H2,1-3H3,(H,13,16). The summed E-state index contributed by atoms with van der Waals surface area (Å²) in [7, 11) is 0. The number of carbonyl (C=O) groups excluding carboxylic acids is 1. The molecule has 0 aliphatic carbocycles. The van der Waals surface area contributed by atoms with Crippen LogP contribution >= 0.6 is 28.6 Å². The molecule has 1 amide bonds. The van der Waals surface area contributed by atoms with E-state index in [-0.39, 0.29) is 11.8 Å². The highest BCUT2D eigenvalue weighted by molar-refractivity contribution is 9.10. The fourth-order valence-electron chi connectivity index (χ4n) is 1.55. The minimum absolute atomic E-state index is 0.0442. The van der Waals surface area contributed by atoms with Gasteiger partial charge in [0.2, 0.25) is 5.91 Å². The Morgan fingerprint density at radius 3 is 2.71 bits per heavy atom. The molecule has 1 aromatic rings. The summed E-state index contributed by atoms with van der Waals surface area (Å²) in [6, 6.07) is 0. The second-order valence-electron chi connectivity index (χ2n) is 4.08. The Bertz CT molecular complexity index is 406. The largest absolute Gasteiger partial charge is 0.355 e. The number of amides is 1. The molecule has 0 aliphatic rings. The summed E-state index contributed by atoms with van der Waals surface area (Å²) >= 11 is 7.53. The van der Waals surface area contributed by atoms with Crippen molar-refractivity contribution in [3.8, 4) is 0 Å². The summed E-state index contributed by atoms with van der Waals surface area (Å²) in [4.78, 5) is 11.7. The lowest BCUT2D eigenvalue weighted by Crippen LogP contribution is -2.33. The van der Waals surface area contributed by atoms with Crippen LogP contribution in [0.15, 0.2) is 4.47 Å². The summed E-state index contributed by atoms with van der Waals surface area (Å²) < 4.78 is 2.88. The minimum atomic E-state index is -0.0974. The maximum Gasteiger partial charge on any atom is 0.224 e. The average molecular weight is 320 g/mol. The van der Waals surface area contributed by atoms with E-state index in [1.54, 1.807) is 0 Å². The summed E-state index contributed by atoms with van der Waals surface area (Å²) in [5.41, 5.74) is 2.00. The molecule has 0 radical (unpaired) electrons. The Hall–Kier alpha value is -0.490. The number of halogens is 1. The maximum absolute atomic E-state index is 11.7. The van der Waals surface area contributed by atoms with Crippen molar-refractivity contribution >= 4 is 34.5 Å². The third-order valence-electron chi connectivity index (χ3n) is 2.60. The highest BCUT2D eigenvalue weighted by atomic mass is 79.9. The number of rotatable bonds is 5. The third kappa shape index (κ3) is 3.74. The van der Waals surface area contributed by atoms with E-state index >= 15 is 0 Å². The molecule has 4 nitrogen and oxygen atoms in total. The van der Waals surface area contributed by atoms with E-state index in [0.29, 0.717) is 18.8 Å². The summed E-state index contributed by atoms with van der Waals surface area (Å²) in [5, 5.41) is 7.21. The van der Waals surface area contributed by atoms with Crippen LogP contribution in [0.4, 0.5) is 0 Å². The number of thiol groups is 1. The van der Waals surface area contributed by atoms with Gasteiger partial charge in [0, 0.05) is 18.0 Å². The Labute approximate surface area is 116 Å². The van der Waals surface area contributed by atoms with Crippen LogP contribution in [0.5, 0.6) is 0 Å². The molecule has 0 saturated heterocycles. The second-order valence-corrected chi connectivity index (χ2v) is 5.32. The van der Waals surface area contributed by atoms with E-state index in [0.717, 1.165) is 15.9 Å². The van der Waals surface area contributed by atoms with Crippen molar-refractivity contribution in [1.82, 2.24) is 15.1 Å². The molecule has 96 valence electrons. The van der Waals surface area contributed by atoms with Gasteiger partial charge in [-0.3, -0.25) is 9.48 Å². The molecule has 0 aromatic carbocycles. The fraction of sp³-hybridized carbons (Fsp3) is 0.636. The molecular formula is C11H18BrN3OS. The summed E-state index contributed by atoms with van der Waals surface area (Å²) in [6.45, 7) is 7.03. The van der Waals surface area contributed by atoms with Crippen LogP contribution in [0.1, 0.15) is 18.3 Å². The molecule has 0 spiro atoms. The molecular weight excluding hydrogens is 302 g/mol. The minimum Gasteiger partial charge on any atom is -0.355 e. The van der Waals surface area contributed by atoms with E-state index < -0.39 is 0 Å². The van der Waals surface area contributed by atoms with Gasteiger partial charge in [0.25, 0.3) is 0 Å². The molecule has 1 unspecified atom stereocenters. The zero-order chi connectivity index (χ0) is 13.0. The van der Waals surface area contributed by atoms with Gasteiger partial charge in [0.1, 0.15) is 0 Å². The number of carbonyl (C=O) groups is 1. The molecule has 1 heterocycles. The van der Waals surface area contributed by atoms with E-state index in [1.807, 2.05) is 25.5 Å². The van der Waals surface area contributed by atoms with Crippen LogP contribution in [-0.4, -0.2) is 28.0 Å². The fourth-order valence-corrected chi connectivity index (χ4v) is 1.94. The Kier molecular flexibility index (Phi) is 5.52. The molecule has 0 aliphatic heterocycles. The van der Waals surface area contributed by atoms with Crippen molar-refractivity contribution in [3.63, 3.8) is 0 Å². The number of nitrogens with one attached hydrogen (secondary N) is 1. The lowest BCUT2D eigenvalue weighted by Gasteiger charge is -2.12. The number of hydrogen-bond donors (Lipinski definition) is 2. The first-order valence-electron chi connectivity index (χ1n) is 5.55. The molecule has 1 atom stereocenters. The molecule has 1 aromatic heterocycles. The summed E-state index contributed by atoms with van der Waals surface area (Å²) in [5.74, 6) is 0.603. The van der Waals surface area contributed by atoms with Crippen molar-refractivity contribution in [3.05, 3.63) is 15.9 Å². The van der Waals surface area contributed by atoms with Gasteiger partial charge in [0.15, 0.2) is 0 Å². The Balaban J connectivity index is 2.64. The molecule has 0 fully saturated rings. The Morgan fingerprint density at radius 2 is 2.24 bits per heavy atom. The number of nitrogens with zero attached hydrogens (tertiary/aromatic N) is 2. The van der Waals surface area contributed by atoms with Gasteiger partial charge in [-0.05, 0) is 29.8 Å². The highest BCUT2D eigenvalue weighted by Crippen LogP contribution is 2.20. The SMILES string of the molecule is Cc1nn(CC(C)C(=O)NCCS)c(C)c1Br. The van der Waals surface area contributed by atoms with Gasteiger partial charge >= 0.3 is 0 Å². The predicted octanol–water partition coefficient (Wildman–Crippen LogP) is 1.94. The van der Waals surface area contributed by atoms with Gasteiger partial charge in [-0.1, -0.05) is 6.92 Å². The van der Waals surface area contributed by atoms with Crippen LogP contribution < -0.4 is 5.32 Å². The molecule has 6 heteroatoms. The van der Waals surface area contributed by atoms with Crippen molar-refractivity contribution in [2.24, 2.45) is 5.92 Å². The molecule has 0 bridgehead atoms. The highest BCUT2D eigenvalue weighted by Gasteiger charge is 2.16. The normalized spacial score (nSPS) is 12.5. The second kappa shape index (κ2) is 6.44. The van der Waals surface area contributed by atoms with E-state index in [4.69, 9.17) is 0 Å². The van der Waals surface area contributed by atoms with Crippen LogP contribution in [0, 0.1) is 19.8 Å². The van der Waals surface area contributed by atoms with Crippen LogP contribution in [0.2, 0.25) is 0 Å². The van der Waals surface area contributed by atoms with E-state index in [1.165, 1.54) is 0 Å². The van der Waals surface area contributed by atoms with Gasteiger partial charge in [-0.25, -0.2) is 0 Å². The predicted molar refractivity (Wildman–Crippen MR) is 75.4 cm³/mol. The molecule has 17 heavy (non-hydrogen) atoms. The van der Waals surface area contributed by atoms with Gasteiger partial charge in [0.05, 0.1) is 22.6 Å². The number of aryl methyl sites for hydroxylation is 1. The zero-order valence-corrected chi connectivity index (χ0v) is 12.8. The maximum atomic E-state index is 11.7. The lowest BCUT2D eigenvalue weighted by atomic mass is 10.1. The van der Waals surface area contributed by atoms with Gasteiger partial charge in [-0.2, -0.15) is 17.7 Å². The smallest absolute Gasteiger partial charge is 0.224 e. The first kappa shape index (κ1) is 14.6.